The Kier molecular flexibility index (Phi) is 4.87. The molecule has 1 saturated heterocycles. The molecule has 1 saturated carbocycles. The summed E-state index contributed by atoms with van der Waals surface area (Å²) in [4.78, 5) is 29.7. The van der Waals surface area contributed by atoms with Crippen molar-refractivity contribution < 1.29 is 14.3 Å². The summed E-state index contributed by atoms with van der Waals surface area (Å²) in [5.74, 6) is 2.37. The van der Waals surface area contributed by atoms with Crippen molar-refractivity contribution in [2.45, 2.75) is 44.6 Å². The zero-order valence-corrected chi connectivity index (χ0v) is 18.1. The summed E-state index contributed by atoms with van der Waals surface area (Å²) in [5.41, 5.74) is 1.24. The molecule has 1 aromatic heterocycles. The minimum Gasteiger partial charge on any atom is -0.495 e. The number of benzene rings is 1. The van der Waals surface area contributed by atoms with Crippen LogP contribution in [0, 0.1) is 12.8 Å². The molecule has 3 aliphatic rings. The van der Waals surface area contributed by atoms with Gasteiger partial charge in [-0.1, -0.05) is 12.1 Å². The molecule has 5 rings (SSSR count). The quantitative estimate of drug-likeness (QED) is 0.818. The first-order valence-corrected chi connectivity index (χ1v) is 11.1. The Balaban J connectivity index is 1.31. The number of rotatable bonds is 4. The van der Waals surface area contributed by atoms with Crippen molar-refractivity contribution in [2.24, 2.45) is 5.92 Å². The number of carbonyl (C=O) groups is 2. The summed E-state index contributed by atoms with van der Waals surface area (Å²) in [7, 11) is 1.59. The SMILES string of the molecule is COc1ccccc1NC(=O)N1CCC2(CC1)CC(=O)N(CC1CC1)c1cc(C)nn12. The maximum absolute atomic E-state index is 13.1. The second-order valence-corrected chi connectivity index (χ2v) is 9.02. The third-order valence-corrected chi connectivity index (χ3v) is 6.79. The number of carbonyl (C=O) groups excluding carboxylic acids is 2. The van der Waals surface area contributed by atoms with E-state index in [1.54, 1.807) is 7.11 Å². The van der Waals surface area contributed by atoms with Gasteiger partial charge in [-0.25, -0.2) is 9.48 Å². The van der Waals surface area contributed by atoms with Crippen molar-refractivity contribution in [1.29, 1.82) is 0 Å². The van der Waals surface area contributed by atoms with Crippen molar-refractivity contribution in [2.75, 3.05) is 37.0 Å². The molecule has 2 aliphatic heterocycles. The number of hydrogen-bond acceptors (Lipinski definition) is 4. The van der Waals surface area contributed by atoms with Crippen LogP contribution < -0.4 is 15.0 Å². The molecule has 0 bridgehead atoms. The number of urea groups is 1. The largest absolute Gasteiger partial charge is 0.495 e. The first-order chi connectivity index (χ1) is 15.0. The normalized spacial score (nSPS) is 20.0. The van der Waals surface area contributed by atoms with Crippen LogP contribution in [0.1, 0.15) is 37.8 Å². The molecule has 0 unspecified atom stereocenters. The highest BCUT2D eigenvalue weighted by molar-refractivity contribution is 5.95. The molecule has 1 aromatic carbocycles. The van der Waals surface area contributed by atoms with E-state index in [4.69, 9.17) is 9.84 Å². The highest BCUT2D eigenvalue weighted by Crippen LogP contribution is 2.43. The van der Waals surface area contributed by atoms with Gasteiger partial charge in [0.25, 0.3) is 0 Å². The number of anilines is 2. The smallest absolute Gasteiger partial charge is 0.321 e. The molecular formula is C23H29N5O3. The van der Waals surface area contributed by atoms with Crippen LogP contribution in [0.25, 0.3) is 0 Å². The number of piperidine rings is 1. The molecule has 164 valence electrons. The molecule has 8 heteroatoms. The van der Waals surface area contributed by atoms with Crippen LogP contribution in [0.3, 0.4) is 0 Å². The molecule has 1 N–H and O–H groups in total. The molecule has 3 heterocycles. The standard InChI is InChI=1S/C23H29N5O3/c1-16-13-20-27(15-17-7-8-17)21(29)14-23(28(20)25-16)9-11-26(12-10-23)22(30)24-18-5-3-4-6-19(18)31-2/h3-6,13,17H,7-12,14-15H2,1-2H3,(H,24,30). The first kappa shape index (κ1) is 19.9. The Bertz CT molecular complexity index is 1000. The monoisotopic (exact) mass is 423 g/mol. The van der Waals surface area contributed by atoms with Crippen LogP contribution in [0.15, 0.2) is 30.3 Å². The number of amides is 3. The fourth-order valence-corrected chi connectivity index (χ4v) is 4.82. The molecule has 1 spiro atoms. The zero-order valence-electron chi connectivity index (χ0n) is 18.1. The predicted molar refractivity (Wildman–Crippen MR) is 117 cm³/mol. The van der Waals surface area contributed by atoms with E-state index < -0.39 is 0 Å². The lowest BCUT2D eigenvalue weighted by Crippen LogP contribution is -2.55. The predicted octanol–water partition coefficient (Wildman–Crippen LogP) is 3.37. The van der Waals surface area contributed by atoms with Gasteiger partial charge >= 0.3 is 6.03 Å². The topological polar surface area (TPSA) is 79.7 Å². The molecule has 0 radical (unpaired) electrons. The Morgan fingerprint density at radius 1 is 1.26 bits per heavy atom. The van der Waals surface area contributed by atoms with Gasteiger partial charge < -0.3 is 15.0 Å². The number of para-hydroxylation sites is 2. The van der Waals surface area contributed by atoms with Gasteiger partial charge in [-0.3, -0.25) is 9.69 Å². The Hall–Kier alpha value is -3.03. The second kappa shape index (κ2) is 7.59. The Labute approximate surface area is 182 Å². The number of hydrogen-bond donors (Lipinski definition) is 1. The van der Waals surface area contributed by atoms with Crippen molar-refractivity contribution in [1.82, 2.24) is 14.7 Å². The number of fused-ring (bicyclic) bond motifs is 2. The average Bonchev–Trinajstić information content (AvgIpc) is 3.50. The van der Waals surface area contributed by atoms with E-state index in [0.717, 1.165) is 18.1 Å². The van der Waals surface area contributed by atoms with Crippen LogP contribution in [0.5, 0.6) is 5.75 Å². The third kappa shape index (κ3) is 3.64. The lowest BCUT2D eigenvalue weighted by molar-refractivity contribution is -0.122. The van der Waals surface area contributed by atoms with E-state index in [1.165, 1.54) is 12.8 Å². The molecular weight excluding hydrogens is 394 g/mol. The first-order valence-electron chi connectivity index (χ1n) is 11.1. The molecule has 31 heavy (non-hydrogen) atoms. The van der Waals surface area contributed by atoms with Crippen LogP contribution >= 0.6 is 0 Å². The summed E-state index contributed by atoms with van der Waals surface area (Å²) in [6.45, 7) is 3.94. The third-order valence-electron chi connectivity index (χ3n) is 6.79. The average molecular weight is 424 g/mol. The number of aromatic nitrogens is 2. The van der Waals surface area contributed by atoms with Gasteiger partial charge in [0.05, 0.1) is 30.5 Å². The van der Waals surface area contributed by atoms with Gasteiger partial charge in [0, 0.05) is 25.7 Å². The summed E-state index contributed by atoms with van der Waals surface area (Å²) in [6.07, 6.45) is 4.29. The number of nitrogens with one attached hydrogen (secondary N) is 1. The van der Waals surface area contributed by atoms with Gasteiger partial charge in [0.15, 0.2) is 0 Å². The fraction of sp³-hybridized carbons (Fsp3) is 0.522. The second-order valence-electron chi connectivity index (χ2n) is 9.02. The van der Waals surface area contributed by atoms with Gasteiger partial charge in [0.2, 0.25) is 5.91 Å². The Morgan fingerprint density at radius 2 is 2.00 bits per heavy atom. The van der Waals surface area contributed by atoms with E-state index in [2.05, 4.69) is 10.00 Å². The van der Waals surface area contributed by atoms with Crippen LogP contribution in [0.4, 0.5) is 16.3 Å². The van der Waals surface area contributed by atoms with E-state index >= 15 is 0 Å². The maximum atomic E-state index is 13.1. The maximum Gasteiger partial charge on any atom is 0.321 e. The lowest BCUT2D eigenvalue weighted by atomic mass is 9.82. The number of likely N-dealkylation sites (tertiary alicyclic amines) is 1. The number of aryl methyl sites for hydroxylation is 1. The van der Waals surface area contributed by atoms with Crippen molar-refractivity contribution >= 4 is 23.4 Å². The Morgan fingerprint density at radius 3 is 2.71 bits per heavy atom. The van der Waals surface area contributed by atoms with Crippen LogP contribution in [-0.2, 0) is 10.3 Å². The molecule has 0 atom stereocenters. The number of methoxy groups -OCH3 is 1. The highest BCUT2D eigenvalue weighted by Gasteiger charge is 2.47. The van der Waals surface area contributed by atoms with Gasteiger partial charge in [0.1, 0.15) is 11.6 Å². The summed E-state index contributed by atoms with van der Waals surface area (Å²) in [6, 6.07) is 9.27. The highest BCUT2D eigenvalue weighted by atomic mass is 16.5. The van der Waals surface area contributed by atoms with Crippen molar-refractivity contribution in [3.63, 3.8) is 0 Å². The number of ether oxygens (including phenoxy) is 1. The molecule has 2 aromatic rings. The van der Waals surface area contributed by atoms with E-state index in [0.29, 0.717) is 49.7 Å². The van der Waals surface area contributed by atoms with E-state index in [1.807, 2.05) is 47.1 Å². The minimum atomic E-state index is -0.345. The minimum absolute atomic E-state index is 0.145. The molecule has 8 nitrogen and oxygen atoms in total. The fourth-order valence-electron chi connectivity index (χ4n) is 4.82. The van der Waals surface area contributed by atoms with E-state index in [9.17, 15) is 9.59 Å². The van der Waals surface area contributed by atoms with Gasteiger partial charge in [-0.15, -0.1) is 0 Å². The lowest BCUT2D eigenvalue weighted by Gasteiger charge is -2.46. The molecule has 1 aliphatic carbocycles. The summed E-state index contributed by atoms with van der Waals surface area (Å²) < 4.78 is 7.42. The zero-order chi connectivity index (χ0) is 21.6. The van der Waals surface area contributed by atoms with Crippen molar-refractivity contribution in [3.05, 3.63) is 36.0 Å². The van der Waals surface area contributed by atoms with Gasteiger partial charge in [-0.2, -0.15) is 5.10 Å². The van der Waals surface area contributed by atoms with E-state index in [-0.39, 0.29) is 17.5 Å². The molecule has 3 amide bonds. The summed E-state index contributed by atoms with van der Waals surface area (Å²) in [5, 5.41) is 7.74. The molecule has 2 fully saturated rings. The number of nitrogens with zero attached hydrogens (tertiary/aromatic N) is 4. The van der Waals surface area contributed by atoms with Crippen LogP contribution in [0.2, 0.25) is 0 Å². The van der Waals surface area contributed by atoms with Crippen LogP contribution in [-0.4, -0.2) is 53.4 Å². The van der Waals surface area contributed by atoms with Gasteiger partial charge in [-0.05, 0) is 50.7 Å². The summed E-state index contributed by atoms with van der Waals surface area (Å²) >= 11 is 0. The van der Waals surface area contributed by atoms with Crippen molar-refractivity contribution in [3.8, 4) is 5.75 Å².